The van der Waals surface area contributed by atoms with Gasteiger partial charge in [-0.2, -0.15) is 23.4 Å². The Morgan fingerprint density at radius 2 is 1.89 bits per heavy atom. The van der Waals surface area contributed by atoms with Crippen molar-refractivity contribution in [1.82, 2.24) is 20.1 Å². The summed E-state index contributed by atoms with van der Waals surface area (Å²) in [6.45, 7) is 9.69. The fourth-order valence-corrected chi connectivity index (χ4v) is 4.26. The zero-order valence-corrected chi connectivity index (χ0v) is 22.2. The molecule has 3 aromatic rings. The van der Waals surface area contributed by atoms with Crippen LogP contribution in [0.5, 0.6) is 0 Å². The highest BCUT2D eigenvalue weighted by atomic mass is 19.4. The van der Waals surface area contributed by atoms with Gasteiger partial charge in [0.15, 0.2) is 0 Å². The molecule has 0 saturated heterocycles. The molecule has 0 bridgehead atoms. The third-order valence-electron chi connectivity index (χ3n) is 6.66. The van der Waals surface area contributed by atoms with Crippen LogP contribution in [0.25, 0.3) is 0 Å². The van der Waals surface area contributed by atoms with Crippen LogP contribution in [0, 0.1) is 20.8 Å². The Kier molecular flexibility index (Phi) is 7.54. The maximum absolute atomic E-state index is 13.7. The lowest BCUT2D eigenvalue weighted by atomic mass is 10.00. The van der Waals surface area contributed by atoms with E-state index >= 15 is 0 Å². The predicted molar refractivity (Wildman–Crippen MR) is 138 cm³/mol. The van der Waals surface area contributed by atoms with Crippen molar-refractivity contribution < 1.29 is 18.0 Å². The molecule has 9 nitrogen and oxygen atoms in total. The van der Waals surface area contributed by atoms with Crippen LogP contribution in [-0.2, 0) is 19.8 Å². The number of nitrogens with zero attached hydrogens (tertiary/aromatic N) is 6. The van der Waals surface area contributed by atoms with Crippen LogP contribution in [0.2, 0.25) is 0 Å². The molecule has 0 radical (unpaired) electrons. The van der Waals surface area contributed by atoms with Crippen molar-refractivity contribution in [2.75, 3.05) is 16.9 Å². The number of halogens is 3. The van der Waals surface area contributed by atoms with Gasteiger partial charge < -0.3 is 10.6 Å². The number of hydrogen-bond acceptors (Lipinski definition) is 7. The molecule has 4 rings (SSSR count). The molecule has 3 heterocycles. The monoisotopic (exact) mass is 528 g/mol. The van der Waals surface area contributed by atoms with Gasteiger partial charge in [-0.15, -0.1) is 0 Å². The van der Waals surface area contributed by atoms with Crippen LogP contribution < -0.4 is 15.6 Å². The molecule has 1 atom stereocenters. The number of aromatic nitrogens is 3. The molecule has 0 fully saturated rings. The summed E-state index contributed by atoms with van der Waals surface area (Å²) in [6.07, 6.45) is -1.40. The van der Waals surface area contributed by atoms with E-state index in [1.54, 1.807) is 34.9 Å². The van der Waals surface area contributed by atoms with Crippen LogP contribution in [0.4, 0.5) is 24.5 Å². The second kappa shape index (κ2) is 10.5. The summed E-state index contributed by atoms with van der Waals surface area (Å²) < 4.78 is 43.0. The van der Waals surface area contributed by atoms with Gasteiger partial charge in [0.05, 0.1) is 35.2 Å². The molecule has 0 saturated carbocycles. The third-order valence-corrected chi connectivity index (χ3v) is 6.66. The molecule has 202 valence electrons. The van der Waals surface area contributed by atoms with E-state index in [0.29, 0.717) is 23.5 Å². The number of alkyl halides is 3. The second-order valence-electron chi connectivity index (χ2n) is 9.74. The summed E-state index contributed by atoms with van der Waals surface area (Å²) in [5.74, 6) is -0.575. The average molecular weight is 529 g/mol. The van der Waals surface area contributed by atoms with E-state index in [2.05, 4.69) is 31.1 Å². The van der Waals surface area contributed by atoms with Gasteiger partial charge in [0.2, 0.25) is 0 Å². The summed E-state index contributed by atoms with van der Waals surface area (Å²) in [7, 11) is 1.86. The first-order valence-electron chi connectivity index (χ1n) is 12.2. The number of nitrogens with one attached hydrogen (secondary N) is 2. The Morgan fingerprint density at radius 3 is 2.53 bits per heavy atom. The Bertz CT molecular complexity index is 1380. The molecule has 2 N–H and O–H groups in total. The first-order chi connectivity index (χ1) is 17.8. The second-order valence-corrected chi connectivity index (χ2v) is 9.74. The van der Waals surface area contributed by atoms with Gasteiger partial charge in [-0.25, -0.2) is 5.01 Å². The molecule has 38 heavy (non-hydrogen) atoms. The zero-order chi connectivity index (χ0) is 27.8. The minimum absolute atomic E-state index is 0.0589. The van der Waals surface area contributed by atoms with Gasteiger partial charge in [0, 0.05) is 42.8 Å². The van der Waals surface area contributed by atoms with E-state index in [0.717, 1.165) is 17.3 Å². The lowest BCUT2D eigenvalue weighted by Crippen LogP contribution is -2.23. The lowest BCUT2D eigenvalue weighted by Gasteiger charge is -2.19. The molecular formula is C26H31F3N8O. The topological polar surface area (TPSA) is 99.8 Å². The highest BCUT2D eigenvalue weighted by molar-refractivity contribution is 6.04. The van der Waals surface area contributed by atoms with Crippen molar-refractivity contribution in [2.24, 2.45) is 17.4 Å². The first-order valence-corrected chi connectivity index (χ1v) is 12.2. The number of amides is 1. The van der Waals surface area contributed by atoms with Crippen LogP contribution in [0.3, 0.4) is 0 Å². The number of rotatable bonds is 7. The van der Waals surface area contributed by atoms with Gasteiger partial charge in [0.1, 0.15) is 6.04 Å². The molecule has 1 aliphatic heterocycles. The van der Waals surface area contributed by atoms with E-state index in [-0.39, 0.29) is 35.4 Å². The lowest BCUT2D eigenvalue weighted by molar-refractivity contribution is -0.138. The summed E-state index contributed by atoms with van der Waals surface area (Å²) in [6, 6.07) is 4.02. The van der Waals surface area contributed by atoms with Crippen LogP contribution in [-0.4, -0.2) is 33.3 Å². The average Bonchev–Trinajstić information content (AvgIpc) is 3.45. The molecule has 1 amide bonds. The minimum Gasteiger partial charge on any atom is -0.322 e. The molecule has 12 heteroatoms. The summed E-state index contributed by atoms with van der Waals surface area (Å²) >= 11 is 0. The molecule has 0 aliphatic carbocycles. The quantitative estimate of drug-likeness (QED) is 0.426. The van der Waals surface area contributed by atoms with Crippen molar-refractivity contribution in [3.05, 3.63) is 69.8 Å². The zero-order valence-electron chi connectivity index (χ0n) is 22.2. The molecule has 2 aromatic heterocycles. The Hall–Kier alpha value is -3.80. The Morgan fingerprint density at radius 1 is 1.16 bits per heavy atom. The van der Waals surface area contributed by atoms with E-state index in [1.165, 1.54) is 13.1 Å². The van der Waals surface area contributed by atoms with Crippen molar-refractivity contribution in [3.8, 4) is 0 Å². The number of carbonyl (C=O) groups excluding carboxylic acids is 1. The van der Waals surface area contributed by atoms with Gasteiger partial charge in [-0.1, -0.05) is 19.1 Å². The minimum atomic E-state index is -4.56. The Labute approximate surface area is 219 Å². The van der Waals surface area contributed by atoms with Gasteiger partial charge in [-0.05, 0) is 50.1 Å². The molecule has 0 spiro atoms. The van der Waals surface area contributed by atoms with Gasteiger partial charge in [0.25, 0.3) is 5.91 Å². The van der Waals surface area contributed by atoms with E-state index in [9.17, 15) is 18.0 Å². The highest BCUT2D eigenvalue weighted by Crippen LogP contribution is 2.36. The number of carbonyl (C=O) groups is 1. The van der Waals surface area contributed by atoms with Gasteiger partial charge in [-0.3, -0.25) is 14.5 Å². The predicted octanol–water partition coefficient (Wildman–Crippen LogP) is 5.44. The number of aryl methyl sites for hydroxylation is 2. The third kappa shape index (κ3) is 5.69. The fourth-order valence-electron chi connectivity index (χ4n) is 4.26. The number of benzene rings is 1. The highest BCUT2D eigenvalue weighted by Gasteiger charge is 2.34. The maximum Gasteiger partial charge on any atom is 0.416 e. The molecular weight excluding hydrogens is 497 g/mol. The maximum atomic E-state index is 13.7. The van der Waals surface area contributed by atoms with Crippen molar-refractivity contribution >= 4 is 17.3 Å². The molecule has 1 unspecified atom stereocenters. The van der Waals surface area contributed by atoms with E-state index < -0.39 is 17.6 Å². The largest absolute Gasteiger partial charge is 0.416 e. The van der Waals surface area contributed by atoms with Crippen LogP contribution in [0.15, 0.2) is 40.9 Å². The molecule has 1 aliphatic rings. The first kappa shape index (κ1) is 27.2. The summed E-state index contributed by atoms with van der Waals surface area (Å²) in [5, 5.41) is 20.3. The fraction of sp³-hybridized carbons (Fsp3) is 0.423. The number of pyridine rings is 1. The van der Waals surface area contributed by atoms with Crippen molar-refractivity contribution in [3.63, 3.8) is 0 Å². The van der Waals surface area contributed by atoms with Crippen molar-refractivity contribution in [1.29, 1.82) is 0 Å². The smallest absolute Gasteiger partial charge is 0.322 e. The normalized spacial score (nSPS) is 15.5. The summed E-state index contributed by atoms with van der Waals surface area (Å²) in [5.41, 5.74) is 3.22. The van der Waals surface area contributed by atoms with Crippen LogP contribution >= 0.6 is 0 Å². The molecule has 1 aromatic carbocycles. The Balaban J connectivity index is 1.57. The number of anilines is 2. The number of hydrogen-bond donors (Lipinski definition) is 2. The van der Waals surface area contributed by atoms with Gasteiger partial charge >= 0.3 is 6.18 Å². The SMILES string of the molecule is Cc1ncc(C(=O)Nc2cc(CNC(C)C)c(C)c(C(F)(F)F)c2)cc1N1CC(c2cnn(C)c2C)N=N1. The van der Waals surface area contributed by atoms with E-state index in [4.69, 9.17) is 0 Å². The summed E-state index contributed by atoms with van der Waals surface area (Å²) in [4.78, 5) is 17.4. The standard InChI is InChI=1S/C26H31F3N8O/c1-14(2)30-10-18-7-20(9-22(15(18)3)26(27,28)29)33-25(38)19-8-24(16(4)31-11-19)37-13-23(34-35-37)21-12-32-36(6)17(21)5/h7-9,11-12,14,23,30H,10,13H2,1-6H3,(H,33,38). The van der Waals surface area contributed by atoms with Crippen molar-refractivity contribution in [2.45, 2.75) is 59.4 Å². The van der Waals surface area contributed by atoms with Crippen LogP contribution in [0.1, 0.15) is 63.9 Å². The van der Waals surface area contributed by atoms with E-state index in [1.807, 2.05) is 27.8 Å².